The molecule has 4 heteroatoms. The van der Waals surface area contributed by atoms with E-state index in [9.17, 15) is 4.39 Å². The van der Waals surface area contributed by atoms with E-state index in [4.69, 9.17) is 15.2 Å². The van der Waals surface area contributed by atoms with Gasteiger partial charge < -0.3 is 15.2 Å². The molecule has 0 aliphatic heterocycles. The Bertz CT molecular complexity index is 582. The van der Waals surface area contributed by atoms with Crippen LogP contribution in [0.3, 0.4) is 0 Å². The number of hydrogen-bond donors (Lipinski definition) is 1. The van der Waals surface area contributed by atoms with E-state index in [1.807, 2.05) is 38.1 Å². The van der Waals surface area contributed by atoms with Gasteiger partial charge in [0.1, 0.15) is 5.75 Å². The minimum absolute atomic E-state index is 0.156. The molecule has 0 radical (unpaired) electrons. The highest BCUT2D eigenvalue weighted by molar-refractivity contribution is 5.57. The molecule has 2 aromatic rings. The van der Waals surface area contributed by atoms with Crippen LogP contribution in [0.5, 0.6) is 17.2 Å². The highest BCUT2D eigenvalue weighted by atomic mass is 19.1. The predicted octanol–water partition coefficient (Wildman–Crippen LogP) is 4.30. The molecular weight excluding hydrogens is 257 g/mol. The zero-order valence-electron chi connectivity index (χ0n) is 11.7. The third kappa shape index (κ3) is 3.41. The van der Waals surface area contributed by atoms with Crippen molar-refractivity contribution in [2.45, 2.75) is 20.3 Å². The van der Waals surface area contributed by atoms with Crippen LogP contribution in [-0.4, -0.2) is 6.61 Å². The quantitative estimate of drug-likeness (QED) is 0.827. The van der Waals surface area contributed by atoms with E-state index in [1.54, 1.807) is 0 Å². The van der Waals surface area contributed by atoms with Crippen molar-refractivity contribution < 1.29 is 13.9 Å². The maximum absolute atomic E-state index is 13.7. The van der Waals surface area contributed by atoms with Crippen LogP contribution in [0.4, 0.5) is 10.1 Å². The molecule has 2 N–H and O–H groups in total. The Morgan fingerprint density at radius 3 is 2.45 bits per heavy atom. The maximum Gasteiger partial charge on any atom is 0.167 e. The van der Waals surface area contributed by atoms with Crippen molar-refractivity contribution in [3.05, 3.63) is 47.8 Å². The highest BCUT2D eigenvalue weighted by Gasteiger charge is 2.11. The van der Waals surface area contributed by atoms with Crippen molar-refractivity contribution in [1.29, 1.82) is 0 Å². The molecule has 0 aliphatic rings. The summed E-state index contributed by atoms with van der Waals surface area (Å²) in [5.41, 5.74) is 7.15. The van der Waals surface area contributed by atoms with Crippen LogP contribution in [0.2, 0.25) is 0 Å². The first-order chi connectivity index (χ1) is 9.60. The summed E-state index contributed by atoms with van der Waals surface area (Å²) in [5, 5.41) is 0. The van der Waals surface area contributed by atoms with Gasteiger partial charge in [0.05, 0.1) is 12.3 Å². The van der Waals surface area contributed by atoms with Crippen LogP contribution in [-0.2, 0) is 0 Å². The Morgan fingerprint density at radius 1 is 1.10 bits per heavy atom. The summed E-state index contributed by atoms with van der Waals surface area (Å²) < 4.78 is 24.7. The van der Waals surface area contributed by atoms with Crippen molar-refractivity contribution in [3.8, 4) is 17.2 Å². The number of ether oxygens (including phenoxy) is 2. The third-order valence-electron chi connectivity index (χ3n) is 2.77. The van der Waals surface area contributed by atoms with Crippen LogP contribution in [0, 0.1) is 12.7 Å². The van der Waals surface area contributed by atoms with Crippen LogP contribution < -0.4 is 15.2 Å². The molecule has 0 aliphatic carbocycles. The van der Waals surface area contributed by atoms with Crippen molar-refractivity contribution in [3.63, 3.8) is 0 Å². The molecule has 0 spiro atoms. The zero-order chi connectivity index (χ0) is 14.5. The fourth-order valence-corrected chi connectivity index (χ4v) is 1.69. The van der Waals surface area contributed by atoms with E-state index >= 15 is 0 Å². The van der Waals surface area contributed by atoms with E-state index < -0.39 is 5.82 Å². The predicted molar refractivity (Wildman–Crippen MR) is 77.9 cm³/mol. The lowest BCUT2D eigenvalue weighted by Gasteiger charge is -2.12. The standard InChI is InChI=1S/C16H18FNO2/c1-3-8-19-15-10-16(14(18)9-13(15)17)20-12-6-4-11(2)5-7-12/h4-7,9-10H,3,8,18H2,1-2H3. The average molecular weight is 275 g/mol. The average Bonchev–Trinajstić information content (AvgIpc) is 2.43. The Morgan fingerprint density at radius 2 is 1.80 bits per heavy atom. The topological polar surface area (TPSA) is 44.5 Å². The van der Waals surface area contributed by atoms with Gasteiger partial charge in [0.15, 0.2) is 17.3 Å². The number of nitrogen functional groups attached to an aromatic ring is 1. The van der Waals surface area contributed by atoms with E-state index in [0.717, 1.165) is 12.0 Å². The van der Waals surface area contributed by atoms with Gasteiger partial charge in [-0.05, 0) is 25.5 Å². The normalized spacial score (nSPS) is 10.3. The Balaban J connectivity index is 2.24. The molecule has 106 valence electrons. The molecule has 2 aromatic carbocycles. The number of benzene rings is 2. The molecule has 0 heterocycles. The summed E-state index contributed by atoms with van der Waals surface area (Å²) in [6, 6.07) is 10.2. The van der Waals surface area contributed by atoms with Gasteiger partial charge in [-0.25, -0.2) is 4.39 Å². The summed E-state index contributed by atoms with van der Waals surface area (Å²) in [6.07, 6.45) is 0.804. The first-order valence-electron chi connectivity index (χ1n) is 6.56. The first-order valence-corrected chi connectivity index (χ1v) is 6.56. The van der Waals surface area contributed by atoms with Gasteiger partial charge in [0, 0.05) is 12.1 Å². The lowest BCUT2D eigenvalue weighted by Crippen LogP contribution is -2.00. The SMILES string of the molecule is CCCOc1cc(Oc2ccc(C)cc2)c(N)cc1F. The maximum atomic E-state index is 13.7. The fraction of sp³-hybridized carbons (Fsp3) is 0.250. The summed E-state index contributed by atoms with van der Waals surface area (Å²) in [5.74, 6) is 0.715. The number of hydrogen-bond acceptors (Lipinski definition) is 3. The van der Waals surface area contributed by atoms with Crippen LogP contribution in [0.15, 0.2) is 36.4 Å². The van der Waals surface area contributed by atoms with Crippen LogP contribution in [0.1, 0.15) is 18.9 Å². The lowest BCUT2D eigenvalue weighted by atomic mass is 10.2. The number of anilines is 1. The van der Waals surface area contributed by atoms with Crippen molar-refractivity contribution in [2.75, 3.05) is 12.3 Å². The second kappa shape index (κ2) is 6.28. The van der Waals surface area contributed by atoms with E-state index in [0.29, 0.717) is 18.1 Å². The van der Waals surface area contributed by atoms with Crippen molar-refractivity contribution >= 4 is 5.69 Å². The van der Waals surface area contributed by atoms with Crippen molar-refractivity contribution in [2.24, 2.45) is 0 Å². The number of nitrogens with two attached hydrogens (primary N) is 1. The summed E-state index contributed by atoms with van der Waals surface area (Å²) in [6.45, 7) is 4.40. The summed E-state index contributed by atoms with van der Waals surface area (Å²) in [7, 11) is 0. The van der Waals surface area contributed by atoms with Gasteiger partial charge in [-0.15, -0.1) is 0 Å². The zero-order valence-corrected chi connectivity index (χ0v) is 11.7. The molecule has 0 saturated heterocycles. The van der Waals surface area contributed by atoms with Gasteiger partial charge in [-0.1, -0.05) is 24.6 Å². The molecule has 0 amide bonds. The molecule has 0 fully saturated rings. The number of halogens is 1. The van der Waals surface area contributed by atoms with Crippen molar-refractivity contribution in [1.82, 2.24) is 0 Å². The van der Waals surface area contributed by atoms with Gasteiger partial charge >= 0.3 is 0 Å². The molecule has 0 atom stereocenters. The molecule has 2 rings (SSSR count). The first kappa shape index (κ1) is 14.2. The third-order valence-corrected chi connectivity index (χ3v) is 2.77. The molecule has 0 bridgehead atoms. The molecule has 0 unspecified atom stereocenters. The minimum Gasteiger partial charge on any atom is -0.490 e. The van der Waals surface area contributed by atoms with Gasteiger partial charge in [0.25, 0.3) is 0 Å². The monoisotopic (exact) mass is 275 g/mol. The molecule has 0 saturated carbocycles. The fourth-order valence-electron chi connectivity index (χ4n) is 1.69. The van der Waals surface area contributed by atoms with Crippen LogP contribution in [0.25, 0.3) is 0 Å². The summed E-state index contributed by atoms with van der Waals surface area (Å²) >= 11 is 0. The number of aryl methyl sites for hydroxylation is 1. The molecular formula is C16H18FNO2. The Labute approximate surface area is 118 Å². The molecule has 0 aromatic heterocycles. The van der Waals surface area contributed by atoms with E-state index in [2.05, 4.69) is 0 Å². The van der Waals surface area contributed by atoms with E-state index in [1.165, 1.54) is 12.1 Å². The van der Waals surface area contributed by atoms with Gasteiger partial charge in [0.2, 0.25) is 0 Å². The van der Waals surface area contributed by atoms with Gasteiger partial charge in [-0.3, -0.25) is 0 Å². The lowest BCUT2D eigenvalue weighted by molar-refractivity contribution is 0.300. The number of rotatable bonds is 5. The molecule has 3 nitrogen and oxygen atoms in total. The second-order valence-electron chi connectivity index (χ2n) is 4.58. The Kier molecular flexibility index (Phi) is 4.45. The second-order valence-corrected chi connectivity index (χ2v) is 4.58. The largest absolute Gasteiger partial charge is 0.490 e. The smallest absolute Gasteiger partial charge is 0.167 e. The van der Waals surface area contributed by atoms with Crippen LogP contribution >= 0.6 is 0 Å². The minimum atomic E-state index is -0.479. The molecule has 20 heavy (non-hydrogen) atoms. The van der Waals surface area contributed by atoms with Gasteiger partial charge in [-0.2, -0.15) is 0 Å². The van der Waals surface area contributed by atoms with E-state index in [-0.39, 0.29) is 11.4 Å². The highest BCUT2D eigenvalue weighted by Crippen LogP contribution is 2.33. The summed E-state index contributed by atoms with van der Waals surface area (Å²) in [4.78, 5) is 0. The Hall–Kier alpha value is -2.23.